The number of nitrogens with one attached hydrogen (secondary N) is 1. The predicted molar refractivity (Wildman–Crippen MR) is 68.0 cm³/mol. The number of halogens is 2. The van der Waals surface area contributed by atoms with E-state index in [0.717, 1.165) is 6.20 Å². The van der Waals surface area contributed by atoms with Crippen LogP contribution in [0.15, 0.2) is 41.1 Å². The van der Waals surface area contributed by atoms with Crippen LogP contribution >= 0.6 is 15.9 Å². The molecular weight excluding hydrogens is 303 g/mol. The molecule has 2 aromatic rings. The summed E-state index contributed by atoms with van der Waals surface area (Å²) >= 11 is 3.14. The Hall–Kier alpha value is -1.95. The summed E-state index contributed by atoms with van der Waals surface area (Å²) in [6.45, 7) is 0. The summed E-state index contributed by atoms with van der Waals surface area (Å²) in [5.74, 6) is -1.44. The Morgan fingerprint density at radius 1 is 1.39 bits per heavy atom. The normalized spacial score (nSPS) is 10.1. The zero-order valence-corrected chi connectivity index (χ0v) is 10.6. The molecule has 18 heavy (non-hydrogen) atoms. The van der Waals surface area contributed by atoms with Gasteiger partial charge in [0.15, 0.2) is 0 Å². The molecule has 0 aliphatic carbocycles. The van der Waals surface area contributed by atoms with Crippen molar-refractivity contribution in [1.82, 2.24) is 4.98 Å². The van der Waals surface area contributed by atoms with E-state index in [9.17, 15) is 14.3 Å². The Kier molecular flexibility index (Phi) is 3.57. The number of para-hydroxylation sites is 1. The number of carbonyl (C=O) groups is 1. The van der Waals surface area contributed by atoms with Crippen molar-refractivity contribution in [1.29, 1.82) is 0 Å². The fourth-order valence-corrected chi connectivity index (χ4v) is 1.82. The van der Waals surface area contributed by atoms with Gasteiger partial charge < -0.3 is 10.4 Å². The van der Waals surface area contributed by atoms with Crippen molar-refractivity contribution in [3.05, 3.63) is 52.5 Å². The Morgan fingerprint density at radius 3 is 2.83 bits per heavy atom. The summed E-state index contributed by atoms with van der Waals surface area (Å²) in [7, 11) is 0. The molecule has 1 heterocycles. The van der Waals surface area contributed by atoms with Gasteiger partial charge in [0.2, 0.25) is 0 Å². The molecule has 4 nitrogen and oxygen atoms in total. The van der Waals surface area contributed by atoms with Gasteiger partial charge >= 0.3 is 0 Å². The number of aromatic nitrogens is 1. The van der Waals surface area contributed by atoms with Crippen molar-refractivity contribution in [2.24, 2.45) is 0 Å². The minimum Gasteiger partial charge on any atom is -0.505 e. The van der Waals surface area contributed by atoms with Crippen molar-refractivity contribution in [2.45, 2.75) is 0 Å². The van der Waals surface area contributed by atoms with Gasteiger partial charge in [-0.15, -0.1) is 0 Å². The topological polar surface area (TPSA) is 62.2 Å². The maximum absolute atomic E-state index is 13.5. The van der Waals surface area contributed by atoms with E-state index in [1.165, 1.54) is 24.4 Å². The van der Waals surface area contributed by atoms with Crippen LogP contribution in [0.4, 0.5) is 10.1 Å². The first-order valence-corrected chi connectivity index (χ1v) is 5.77. The highest BCUT2D eigenvalue weighted by atomic mass is 79.9. The lowest BCUT2D eigenvalue weighted by molar-refractivity contribution is 0.102. The van der Waals surface area contributed by atoms with Gasteiger partial charge in [-0.25, -0.2) is 4.39 Å². The van der Waals surface area contributed by atoms with Crippen LogP contribution in [0.1, 0.15) is 10.4 Å². The number of carbonyl (C=O) groups excluding carboxylic acids is 1. The van der Waals surface area contributed by atoms with Gasteiger partial charge in [0.05, 0.1) is 17.4 Å². The first-order chi connectivity index (χ1) is 8.59. The van der Waals surface area contributed by atoms with Gasteiger partial charge in [-0.05, 0) is 34.1 Å². The van der Waals surface area contributed by atoms with Crippen LogP contribution in [0.25, 0.3) is 0 Å². The molecule has 0 saturated heterocycles. The van der Waals surface area contributed by atoms with Crippen molar-refractivity contribution >= 4 is 27.5 Å². The van der Waals surface area contributed by atoms with E-state index in [0.29, 0.717) is 4.47 Å². The Bertz CT molecular complexity index is 584. The van der Waals surface area contributed by atoms with E-state index in [-0.39, 0.29) is 17.0 Å². The molecule has 0 aliphatic heterocycles. The molecule has 0 fully saturated rings. The van der Waals surface area contributed by atoms with E-state index in [1.54, 1.807) is 6.07 Å². The zero-order valence-electron chi connectivity index (χ0n) is 9.02. The molecular formula is C12H8BrFN2O2. The second-order valence-electron chi connectivity index (χ2n) is 3.44. The average Bonchev–Trinajstić information content (AvgIpc) is 2.34. The largest absolute Gasteiger partial charge is 0.505 e. The minimum absolute atomic E-state index is 0.0266. The summed E-state index contributed by atoms with van der Waals surface area (Å²) in [6.07, 6.45) is 2.51. The number of pyridine rings is 1. The van der Waals surface area contributed by atoms with E-state index in [4.69, 9.17) is 0 Å². The third-order valence-corrected chi connectivity index (χ3v) is 2.91. The number of rotatable bonds is 2. The second-order valence-corrected chi connectivity index (χ2v) is 4.30. The van der Waals surface area contributed by atoms with Gasteiger partial charge in [-0.1, -0.05) is 6.07 Å². The third-order valence-electron chi connectivity index (χ3n) is 2.25. The fourth-order valence-electron chi connectivity index (χ4n) is 1.38. The van der Waals surface area contributed by atoms with Gasteiger partial charge in [0.25, 0.3) is 5.91 Å². The highest BCUT2D eigenvalue weighted by Gasteiger charge is 2.14. The molecule has 0 bridgehead atoms. The molecule has 0 atom stereocenters. The van der Waals surface area contributed by atoms with Crippen molar-refractivity contribution < 1.29 is 14.3 Å². The smallest absolute Gasteiger partial charge is 0.259 e. The summed E-state index contributed by atoms with van der Waals surface area (Å²) < 4.78 is 13.9. The van der Waals surface area contributed by atoms with Crippen LogP contribution in [0, 0.1) is 5.82 Å². The van der Waals surface area contributed by atoms with Gasteiger partial charge in [-0.2, -0.15) is 0 Å². The number of hydrogen-bond acceptors (Lipinski definition) is 3. The quantitative estimate of drug-likeness (QED) is 0.896. The summed E-state index contributed by atoms with van der Waals surface area (Å²) in [5.41, 5.74) is 0.0545. The fraction of sp³-hybridized carbons (Fsp3) is 0. The molecule has 0 saturated carbocycles. The van der Waals surface area contributed by atoms with Crippen molar-refractivity contribution in [3.63, 3.8) is 0 Å². The Labute approximate surface area is 111 Å². The van der Waals surface area contributed by atoms with Crippen LogP contribution in [-0.4, -0.2) is 16.0 Å². The minimum atomic E-state index is -0.610. The lowest BCUT2D eigenvalue weighted by atomic mass is 10.2. The van der Waals surface area contributed by atoms with Gasteiger partial charge in [0.1, 0.15) is 11.6 Å². The average molecular weight is 311 g/mol. The summed E-state index contributed by atoms with van der Waals surface area (Å²) in [4.78, 5) is 15.5. The van der Waals surface area contributed by atoms with E-state index >= 15 is 0 Å². The molecule has 6 heteroatoms. The standard InChI is InChI=1S/C12H8BrFN2O2/c13-8-2-1-3-9(14)11(8)16-12(18)7-4-5-15-6-10(7)17/h1-6,17H,(H,16,18). The van der Waals surface area contributed by atoms with Crippen molar-refractivity contribution in [2.75, 3.05) is 5.32 Å². The SMILES string of the molecule is O=C(Nc1c(F)cccc1Br)c1ccncc1O. The molecule has 2 N–H and O–H groups in total. The highest BCUT2D eigenvalue weighted by molar-refractivity contribution is 9.10. The van der Waals surface area contributed by atoms with Crippen LogP contribution in [-0.2, 0) is 0 Å². The number of anilines is 1. The van der Waals surface area contributed by atoms with Gasteiger partial charge in [-0.3, -0.25) is 9.78 Å². The first-order valence-electron chi connectivity index (χ1n) is 4.98. The molecule has 1 aromatic heterocycles. The van der Waals surface area contributed by atoms with E-state index < -0.39 is 11.7 Å². The summed E-state index contributed by atoms with van der Waals surface area (Å²) in [6, 6.07) is 5.69. The lowest BCUT2D eigenvalue weighted by Gasteiger charge is -2.09. The van der Waals surface area contributed by atoms with E-state index in [1.807, 2.05) is 0 Å². The number of amides is 1. The van der Waals surface area contributed by atoms with Crippen LogP contribution in [0.3, 0.4) is 0 Å². The van der Waals surface area contributed by atoms with Crippen LogP contribution in [0.5, 0.6) is 5.75 Å². The van der Waals surface area contributed by atoms with Crippen molar-refractivity contribution in [3.8, 4) is 5.75 Å². The predicted octanol–water partition coefficient (Wildman–Crippen LogP) is 2.94. The monoisotopic (exact) mass is 310 g/mol. The molecule has 0 aliphatic rings. The zero-order chi connectivity index (χ0) is 13.1. The molecule has 2 rings (SSSR count). The molecule has 92 valence electrons. The van der Waals surface area contributed by atoms with Gasteiger partial charge in [0, 0.05) is 10.7 Å². The Balaban J connectivity index is 2.30. The third kappa shape index (κ3) is 2.48. The second kappa shape index (κ2) is 5.14. The number of aromatic hydroxyl groups is 1. The maximum Gasteiger partial charge on any atom is 0.259 e. The first kappa shape index (κ1) is 12.5. The van der Waals surface area contributed by atoms with Crippen LogP contribution < -0.4 is 5.32 Å². The molecule has 1 aromatic carbocycles. The van der Waals surface area contributed by atoms with E-state index in [2.05, 4.69) is 26.2 Å². The maximum atomic E-state index is 13.5. The number of nitrogens with zero attached hydrogens (tertiary/aromatic N) is 1. The van der Waals surface area contributed by atoms with Crippen LogP contribution in [0.2, 0.25) is 0 Å². The molecule has 0 spiro atoms. The number of benzene rings is 1. The molecule has 0 unspecified atom stereocenters. The highest BCUT2D eigenvalue weighted by Crippen LogP contribution is 2.26. The number of hydrogen-bond donors (Lipinski definition) is 2. The molecule has 1 amide bonds. The Morgan fingerprint density at radius 2 is 2.17 bits per heavy atom. The lowest BCUT2D eigenvalue weighted by Crippen LogP contribution is -2.13. The molecule has 0 radical (unpaired) electrons. The summed E-state index contributed by atoms with van der Waals surface area (Å²) in [5, 5.41) is 11.9.